The molecule has 112 valence electrons. The van der Waals surface area contributed by atoms with E-state index in [0.717, 1.165) is 12.8 Å². The van der Waals surface area contributed by atoms with Crippen molar-refractivity contribution in [1.29, 1.82) is 0 Å². The van der Waals surface area contributed by atoms with Crippen molar-refractivity contribution in [3.05, 3.63) is 0 Å². The molecule has 20 heavy (non-hydrogen) atoms. The Kier molecular flexibility index (Phi) is 5.36. The number of carbonyl (C=O) groups is 1. The number of hydrogen-bond acceptors (Lipinski definition) is 6. The second-order valence-corrected chi connectivity index (χ2v) is 6.30. The second kappa shape index (κ2) is 7.03. The van der Waals surface area contributed by atoms with Crippen molar-refractivity contribution in [2.24, 2.45) is 5.92 Å². The molecule has 1 aliphatic rings. The summed E-state index contributed by atoms with van der Waals surface area (Å²) in [4.78, 5) is 11.9. The molecule has 1 saturated carbocycles. The van der Waals surface area contributed by atoms with Crippen LogP contribution in [0, 0.1) is 5.92 Å². The number of aromatic nitrogens is 4. The number of carbonyl (C=O) groups excluding carboxylic acids is 1. The Morgan fingerprint density at radius 2 is 2.30 bits per heavy atom. The zero-order chi connectivity index (χ0) is 14.5. The summed E-state index contributed by atoms with van der Waals surface area (Å²) < 4.78 is 1.80. The van der Waals surface area contributed by atoms with Gasteiger partial charge >= 0.3 is 0 Å². The van der Waals surface area contributed by atoms with Gasteiger partial charge in [-0.1, -0.05) is 25.6 Å². The summed E-state index contributed by atoms with van der Waals surface area (Å²) in [6, 6.07) is 0.417. The molecule has 1 amide bonds. The lowest BCUT2D eigenvalue weighted by molar-refractivity contribution is -0.119. The molecule has 0 spiro atoms. The van der Waals surface area contributed by atoms with E-state index in [9.17, 15) is 4.79 Å². The summed E-state index contributed by atoms with van der Waals surface area (Å²) >= 11 is 1.35. The third-order valence-corrected chi connectivity index (χ3v) is 4.21. The van der Waals surface area contributed by atoms with Gasteiger partial charge in [-0.05, 0) is 35.6 Å². The molecule has 2 N–H and O–H groups in total. The Bertz CT molecular complexity index is 447. The average molecular weight is 299 g/mol. The molecular weight excluding hydrogens is 278 g/mol. The van der Waals surface area contributed by atoms with Crippen LogP contribution in [0.3, 0.4) is 0 Å². The monoisotopic (exact) mass is 299 g/mol. The molecule has 0 aliphatic heterocycles. The molecule has 0 saturated heterocycles. The molecule has 1 aromatic heterocycles. The lowest BCUT2D eigenvalue weighted by atomic mass is 10.0. The first-order valence-corrected chi connectivity index (χ1v) is 7.91. The summed E-state index contributed by atoms with van der Waals surface area (Å²) in [6.07, 6.45) is 2.79. The third kappa shape index (κ3) is 4.17. The van der Waals surface area contributed by atoms with Crippen molar-refractivity contribution in [2.45, 2.75) is 50.4 Å². The lowest BCUT2D eigenvalue weighted by Crippen LogP contribution is -2.40. The van der Waals surface area contributed by atoms with Crippen LogP contribution < -0.4 is 5.32 Å². The Morgan fingerprint density at radius 3 is 2.90 bits per heavy atom. The molecule has 8 heteroatoms. The van der Waals surface area contributed by atoms with Crippen molar-refractivity contribution in [3.63, 3.8) is 0 Å². The molecule has 1 heterocycles. The number of thioether (sulfide) groups is 1. The van der Waals surface area contributed by atoms with E-state index in [-0.39, 0.29) is 18.6 Å². The molecule has 1 fully saturated rings. The summed E-state index contributed by atoms with van der Waals surface area (Å²) in [5.74, 6) is 0.544. The van der Waals surface area contributed by atoms with Gasteiger partial charge in [-0.2, -0.15) is 0 Å². The van der Waals surface area contributed by atoms with Crippen LogP contribution >= 0.6 is 11.8 Å². The predicted molar refractivity (Wildman–Crippen MR) is 75.3 cm³/mol. The minimum absolute atomic E-state index is 0.00697. The Balaban J connectivity index is 1.80. The highest BCUT2D eigenvalue weighted by atomic mass is 32.2. The van der Waals surface area contributed by atoms with Crippen molar-refractivity contribution < 1.29 is 9.90 Å². The van der Waals surface area contributed by atoms with E-state index in [4.69, 9.17) is 5.11 Å². The second-order valence-electron chi connectivity index (χ2n) is 5.36. The van der Waals surface area contributed by atoms with Crippen molar-refractivity contribution in [3.8, 4) is 0 Å². The summed E-state index contributed by atoms with van der Waals surface area (Å²) in [5.41, 5.74) is 0. The smallest absolute Gasteiger partial charge is 0.230 e. The maximum atomic E-state index is 11.9. The first kappa shape index (κ1) is 15.2. The molecule has 1 aliphatic carbocycles. The fourth-order valence-corrected chi connectivity index (χ4v) is 2.67. The summed E-state index contributed by atoms with van der Waals surface area (Å²) in [6.45, 7) is 4.14. The van der Waals surface area contributed by atoms with Crippen LogP contribution in [0.4, 0.5) is 0 Å². The van der Waals surface area contributed by atoms with Gasteiger partial charge in [0, 0.05) is 12.6 Å². The number of aliphatic hydroxyl groups excluding tert-OH is 1. The number of amides is 1. The first-order chi connectivity index (χ1) is 9.61. The zero-order valence-electron chi connectivity index (χ0n) is 11.8. The summed E-state index contributed by atoms with van der Waals surface area (Å²) in [5, 5.41) is 24.2. The van der Waals surface area contributed by atoms with Gasteiger partial charge in [-0.3, -0.25) is 4.79 Å². The van der Waals surface area contributed by atoms with Gasteiger partial charge in [-0.15, -0.1) is 5.10 Å². The van der Waals surface area contributed by atoms with E-state index >= 15 is 0 Å². The van der Waals surface area contributed by atoms with Crippen LogP contribution in [0.25, 0.3) is 0 Å². The average Bonchev–Trinajstić information content (AvgIpc) is 3.14. The van der Waals surface area contributed by atoms with E-state index in [1.54, 1.807) is 4.68 Å². The van der Waals surface area contributed by atoms with E-state index in [2.05, 4.69) is 20.8 Å². The highest BCUT2D eigenvalue weighted by Crippen LogP contribution is 2.36. The van der Waals surface area contributed by atoms with Crippen molar-refractivity contribution >= 4 is 17.7 Å². The maximum absolute atomic E-state index is 11.9. The van der Waals surface area contributed by atoms with Crippen LogP contribution in [-0.2, 0) is 4.79 Å². The highest BCUT2D eigenvalue weighted by Gasteiger charge is 2.28. The van der Waals surface area contributed by atoms with Gasteiger partial charge in [0.1, 0.15) is 0 Å². The molecule has 0 bridgehead atoms. The molecule has 2 rings (SSSR count). The minimum Gasteiger partial charge on any atom is -0.396 e. The topological polar surface area (TPSA) is 92.9 Å². The normalized spacial score (nSPS) is 16.4. The molecule has 0 aromatic carbocycles. The number of hydrogen-bond donors (Lipinski definition) is 2. The fourth-order valence-electron chi connectivity index (χ4n) is 1.92. The SMILES string of the molecule is CC(C)C(CCO)NC(=O)CSc1nnnn1C1CC1. The number of nitrogens with one attached hydrogen (secondary N) is 1. The Labute approximate surface area is 122 Å². The number of nitrogens with zero attached hydrogens (tertiary/aromatic N) is 4. The number of tetrazole rings is 1. The Morgan fingerprint density at radius 1 is 1.55 bits per heavy atom. The number of aliphatic hydroxyl groups is 1. The van der Waals surface area contributed by atoms with Crippen molar-refractivity contribution in [1.82, 2.24) is 25.5 Å². The molecule has 0 radical (unpaired) electrons. The standard InChI is InChI=1S/C12H21N5O2S/c1-8(2)10(5-6-18)13-11(19)7-20-12-14-15-16-17(12)9-3-4-9/h8-10,18H,3-7H2,1-2H3,(H,13,19). The van der Waals surface area contributed by atoms with Crippen LogP contribution in [0.1, 0.15) is 39.2 Å². The molecule has 1 aromatic rings. The van der Waals surface area contributed by atoms with Gasteiger partial charge in [0.2, 0.25) is 11.1 Å². The van der Waals surface area contributed by atoms with Crippen molar-refractivity contribution in [2.75, 3.05) is 12.4 Å². The van der Waals surface area contributed by atoms with Gasteiger partial charge in [-0.25, -0.2) is 4.68 Å². The maximum Gasteiger partial charge on any atom is 0.230 e. The van der Waals surface area contributed by atoms with Crippen LogP contribution in [0.2, 0.25) is 0 Å². The first-order valence-electron chi connectivity index (χ1n) is 6.92. The largest absolute Gasteiger partial charge is 0.396 e. The molecule has 7 nitrogen and oxygen atoms in total. The third-order valence-electron chi connectivity index (χ3n) is 3.28. The molecule has 1 atom stereocenters. The Hall–Kier alpha value is -1.15. The van der Waals surface area contributed by atoms with E-state index in [1.165, 1.54) is 11.8 Å². The van der Waals surface area contributed by atoms with Crippen LogP contribution in [0.15, 0.2) is 5.16 Å². The minimum atomic E-state index is -0.0486. The quantitative estimate of drug-likeness (QED) is 0.684. The zero-order valence-corrected chi connectivity index (χ0v) is 12.6. The van der Waals surface area contributed by atoms with E-state index in [1.807, 2.05) is 13.8 Å². The fraction of sp³-hybridized carbons (Fsp3) is 0.833. The van der Waals surface area contributed by atoms with Gasteiger partial charge in [0.05, 0.1) is 11.8 Å². The van der Waals surface area contributed by atoms with Crippen LogP contribution in [-0.4, -0.2) is 49.6 Å². The van der Waals surface area contributed by atoms with Gasteiger partial charge in [0.15, 0.2) is 0 Å². The number of rotatable bonds is 8. The van der Waals surface area contributed by atoms with Crippen LogP contribution in [0.5, 0.6) is 0 Å². The van der Waals surface area contributed by atoms with E-state index in [0.29, 0.717) is 29.3 Å². The molecular formula is C12H21N5O2S. The van der Waals surface area contributed by atoms with E-state index < -0.39 is 0 Å². The highest BCUT2D eigenvalue weighted by molar-refractivity contribution is 7.99. The summed E-state index contributed by atoms with van der Waals surface area (Å²) in [7, 11) is 0. The lowest BCUT2D eigenvalue weighted by Gasteiger charge is -2.21. The predicted octanol–water partition coefficient (Wildman–Crippen LogP) is 0.623. The van der Waals surface area contributed by atoms with Gasteiger partial charge in [0.25, 0.3) is 0 Å². The molecule has 1 unspecified atom stereocenters. The van der Waals surface area contributed by atoms with Gasteiger partial charge < -0.3 is 10.4 Å².